The van der Waals surface area contributed by atoms with E-state index in [0.717, 1.165) is 15.8 Å². The van der Waals surface area contributed by atoms with Crippen LogP contribution < -0.4 is 10.3 Å². The number of aromatic nitrogens is 2. The first kappa shape index (κ1) is 16.4. The molecule has 0 aliphatic heterocycles. The largest absolute Gasteiger partial charge is 0.494 e. The Hall–Kier alpha value is -2.47. The van der Waals surface area contributed by atoms with E-state index in [1.165, 1.54) is 4.68 Å². The number of aryl methyl sites for hydroxylation is 1. The summed E-state index contributed by atoms with van der Waals surface area (Å²) in [5, 5.41) is 4.82. The monoisotopic (exact) mass is 385 g/mol. The van der Waals surface area contributed by atoms with Crippen LogP contribution in [0.3, 0.4) is 0 Å². The highest BCUT2D eigenvalue weighted by Crippen LogP contribution is 2.16. The van der Waals surface area contributed by atoms with Crippen LogP contribution >= 0.6 is 15.9 Å². The standard InChI is InChI=1S/C18H16BrN3O2/c1-3-24-15-7-4-13(5-8-15)11-20-22-12(2)21-17-9-6-14(19)10-16(17)18(22)23/h4-11H,3H2,1-2H3. The molecule has 2 aromatic carbocycles. The Morgan fingerprint density at radius 1 is 1.25 bits per heavy atom. The second-order valence-electron chi connectivity index (χ2n) is 5.18. The van der Waals surface area contributed by atoms with Crippen LogP contribution in [0.1, 0.15) is 18.3 Å². The van der Waals surface area contributed by atoms with Gasteiger partial charge in [0.2, 0.25) is 0 Å². The average molecular weight is 386 g/mol. The first-order chi connectivity index (χ1) is 11.6. The molecule has 0 atom stereocenters. The zero-order valence-electron chi connectivity index (χ0n) is 13.4. The molecule has 0 fully saturated rings. The maximum Gasteiger partial charge on any atom is 0.282 e. The van der Waals surface area contributed by atoms with E-state index in [-0.39, 0.29) is 5.56 Å². The second-order valence-corrected chi connectivity index (χ2v) is 6.10. The molecule has 0 amide bonds. The van der Waals surface area contributed by atoms with Crippen molar-refractivity contribution >= 4 is 33.0 Å². The smallest absolute Gasteiger partial charge is 0.282 e. The minimum Gasteiger partial charge on any atom is -0.494 e. The van der Waals surface area contributed by atoms with Crippen LogP contribution in [0, 0.1) is 6.92 Å². The average Bonchev–Trinajstić information content (AvgIpc) is 2.57. The van der Waals surface area contributed by atoms with E-state index < -0.39 is 0 Å². The third-order valence-corrected chi connectivity index (χ3v) is 3.98. The maximum atomic E-state index is 12.6. The van der Waals surface area contributed by atoms with Crippen molar-refractivity contribution in [1.29, 1.82) is 0 Å². The number of rotatable bonds is 4. The molecule has 0 saturated carbocycles. The fourth-order valence-corrected chi connectivity index (χ4v) is 2.70. The molecule has 0 aliphatic rings. The van der Waals surface area contributed by atoms with Crippen LogP contribution in [0.2, 0.25) is 0 Å². The topological polar surface area (TPSA) is 56.5 Å². The van der Waals surface area contributed by atoms with Gasteiger partial charge in [0.1, 0.15) is 11.6 Å². The van der Waals surface area contributed by atoms with Crippen molar-refractivity contribution in [2.24, 2.45) is 5.10 Å². The molecule has 0 radical (unpaired) electrons. The lowest BCUT2D eigenvalue weighted by atomic mass is 10.2. The fourth-order valence-electron chi connectivity index (χ4n) is 2.34. The molecule has 0 aliphatic carbocycles. The minimum absolute atomic E-state index is 0.194. The number of benzene rings is 2. The molecule has 24 heavy (non-hydrogen) atoms. The zero-order valence-corrected chi connectivity index (χ0v) is 14.9. The Labute approximate surface area is 147 Å². The van der Waals surface area contributed by atoms with Gasteiger partial charge in [0.15, 0.2) is 0 Å². The molecule has 0 spiro atoms. The fraction of sp³-hybridized carbons (Fsp3) is 0.167. The van der Waals surface area contributed by atoms with Gasteiger partial charge in [-0.15, -0.1) is 0 Å². The van der Waals surface area contributed by atoms with E-state index in [1.807, 2.05) is 43.3 Å². The van der Waals surface area contributed by atoms with E-state index in [0.29, 0.717) is 23.3 Å². The summed E-state index contributed by atoms with van der Waals surface area (Å²) in [6.07, 6.45) is 1.63. The highest BCUT2D eigenvalue weighted by Gasteiger charge is 2.07. The van der Waals surface area contributed by atoms with Gasteiger partial charge < -0.3 is 4.74 Å². The normalized spacial score (nSPS) is 11.3. The van der Waals surface area contributed by atoms with Crippen molar-refractivity contribution in [3.63, 3.8) is 0 Å². The van der Waals surface area contributed by atoms with E-state index in [9.17, 15) is 4.79 Å². The first-order valence-electron chi connectivity index (χ1n) is 7.54. The minimum atomic E-state index is -0.194. The molecule has 3 rings (SSSR count). The summed E-state index contributed by atoms with van der Waals surface area (Å²) in [5.41, 5.74) is 1.34. The summed E-state index contributed by atoms with van der Waals surface area (Å²) in [6.45, 7) is 4.33. The maximum absolute atomic E-state index is 12.6. The zero-order chi connectivity index (χ0) is 17.1. The predicted molar refractivity (Wildman–Crippen MR) is 99.0 cm³/mol. The van der Waals surface area contributed by atoms with Crippen LogP contribution in [0.25, 0.3) is 10.9 Å². The number of hydrogen-bond acceptors (Lipinski definition) is 4. The second kappa shape index (κ2) is 6.97. The van der Waals surface area contributed by atoms with Crippen molar-refractivity contribution in [3.8, 4) is 5.75 Å². The van der Waals surface area contributed by atoms with Gasteiger partial charge in [-0.3, -0.25) is 4.79 Å². The Morgan fingerprint density at radius 2 is 2.00 bits per heavy atom. The van der Waals surface area contributed by atoms with Crippen LogP contribution in [0.5, 0.6) is 5.75 Å². The summed E-state index contributed by atoms with van der Waals surface area (Å²) >= 11 is 3.38. The van der Waals surface area contributed by atoms with Crippen molar-refractivity contribution in [1.82, 2.24) is 9.66 Å². The molecule has 1 aromatic heterocycles. The van der Waals surface area contributed by atoms with Gasteiger partial charge in [-0.1, -0.05) is 15.9 Å². The SMILES string of the molecule is CCOc1ccc(C=Nn2c(C)nc3ccc(Br)cc3c2=O)cc1. The van der Waals surface area contributed by atoms with Crippen LogP contribution in [0.4, 0.5) is 0 Å². The molecule has 5 nitrogen and oxygen atoms in total. The van der Waals surface area contributed by atoms with Crippen molar-refractivity contribution < 1.29 is 4.74 Å². The van der Waals surface area contributed by atoms with E-state index in [4.69, 9.17) is 4.74 Å². The quantitative estimate of drug-likeness (QED) is 0.642. The molecule has 1 heterocycles. The van der Waals surface area contributed by atoms with Crippen molar-refractivity contribution in [3.05, 3.63) is 68.7 Å². The number of halogens is 1. The third kappa shape index (κ3) is 3.38. The molecular weight excluding hydrogens is 370 g/mol. The summed E-state index contributed by atoms with van der Waals surface area (Å²) in [6, 6.07) is 13.0. The molecule has 0 saturated heterocycles. The number of nitrogens with zero attached hydrogens (tertiary/aromatic N) is 3. The van der Waals surface area contributed by atoms with Crippen LogP contribution in [0.15, 0.2) is 56.8 Å². The third-order valence-electron chi connectivity index (χ3n) is 3.48. The number of hydrogen-bond donors (Lipinski definition) is 0. The Morgan fingerprint density at radius 3 is 2.71 bits per heavy atom. The molecule has 6 heteroatoms. The molecule has 122 valence electrons. The number of ether oxygens (including phenoxy) is 1. The lowest BCUT2D eigenvalue weighted by molar-refractivity contribution is 0.340. The van der Waals surface area contributed by atoms with E-state index in [1.54, 1.807) is 19.2 Å². The molecule has 0 unspecified atom stereocenters. The van der Waals surface area contributed by atoms with Crippen LogP contribution in [-0.4, -0.2) is 22.5 Å². The predicted octanol–water partition coefficient (Wildman–Crippen LogP) is 3.75. The molecule has 3 aromatic rings. The highest BCUT2D eigenvalue weighted by atomic mass is 79.9. The van der Waals surface area contributed by atoms with Gasteiger partial charge in [-0.25, -0.2) is 4.98 Å². The first-order valence-corrected chi connectivity index (χ1v) is 8.34. The van der Waals surface area contributed by atoms with Gasteiger partial charge in [0.25, 0.3) is 5.56 Å². The van der Waals surface area contributed by atoms with Gasteiger partial charge >= 0.3 is 0 Å². The van der Waals surface area contributed by atoms with Gasteiger partial charge in [-0.2, -0.15) is 9.78 Å². The molecule has 0 N–H and O–H groups in total. The summed E-state index contributed by atoms with van der Waals surface area (Å²) in [5.74, 6) is 1.34. The summed E-state index contributed by atoms with van der Waals surface area (Å²) in [4.78, 5) is 17.1. The lowest BCUT2D eigenvalue weighted by Crippen LogP contribution is -2.20. The van der Waals surface area contributed by atoms with E-state index in [2.05, 4.69) is 26.0 Å². The van der Waals surface area contributed by atoms with Gasteiger partial charge in [0, 0.05) is 4.47 Å². The number of fused-ring (bicyclic) bond motifs is 1. The molecule has 0 bridgehead atoms. The Kier molecular flexibility index (Phi) is 4.76. The highest BCUT2D eigenvalue weighted by molar-refractivity contribution is 9.10. The van der Waals surface area contributed by atoms with Gasteiger partial charge in [0.05, 0.1) is 23.7 Å². The van der Waals surface area contributed by atoms with E-state index >= 15 is 0 Å². The van der Waals surface area contributed by atoms with Gasteiger partial charge in [-0.05, 0) is 61.9 Å². The molecular formula is C18H16BrN3O2. The van der Waals surface area contributed by atoms with Crippen molar-refractivity contribution in [2.45, 2.75) is 13.8 Å². The van der Waals surface area contributed by atoms with Crippen LogP contribution in [-0.2, 0) is 0 Å². The Bertz CT molecular complexity index is 962. The Balaban J connectivity index is 1.98. The summed E-state index contributed by atoms with van der Waals surface area (Å²) in [7, 11) is 0. The van der Waals surface area contributed by atoms with Crippen molar-refractivity contribution in [2.75, 3.05) is 6.61 Å². The lowest BCUT2D eigenvalue weighted by Gasteiger charge is -2.06. The summed E-state index contributed by atoms with van der Waals surface area (Å²) < 4.78 is 7.55.